The summed E-state index contributed by atoms with van der Waals surface area (Å²) in [6, 6.07) is 6.95. The monoisotopic (exact) mass is 242 g/mol. The molecule has 5 nitrogen and oxygen atoms in total. The van der Waals surface area contributed by atoms with Gasteiger partial charge in [-0.2, -0.15) is 0 Å². The van der Waals surface area contributed by atoms with Crippen LogP contribution in [-0.2, 0) is 21.4 Å². The highest BCUT2D eigenvalue weighted by Crippen LogP contribution is 2.09. The van der Waals surface area contributed by atoms with Gasteiger partial charge in [0.15, 0.2) is 0 Å². The van der Waals surface area contributed by atoms with Gasteiger partial charge in [0.2, 0.25) is 15.9 Å². The first-order valence-corrected chi connectivity index (χ1v) is 6.57. The van der Waals surface area contributed by atoms with E-state index in [0.29, 0.717) is 5.69 Å². The van der Waals surface area contributed by atoms with E-state index < -0.39 is 10.0 Å². The van der Waals surface area contributed by atoms with E-state index in [-0.39, 0.29) is 12.5 Å². The maximum absolute atomic E-state index is 10.8. The van der Waals surface area contributed by atoms with Crippen LogP contribution in [0.1, 0.15) is 12.5 Å². The van der Waals surface area contributed by atoms with E-state index in [4.69, 9.17) is 0 Å². The highest BCUT2D eigenvalue weighted by molar-refractivity contribution is 7.88. The van der Waals surface area contributed by atoms with Crippen LogP contribution in [0.2, 0.25) is 0 Å². The van der Waals surface area contributed by atoms with Crippen LogP contribution >= 0.6 is 0 Å². The van der Waals surface area contributed by atoms with Crippen LogP contribution in [-0.4, -0.2) is 20.6 Å². The molecule has 0 unspecified atom stereocenters. The Hall–Kier alpha value is -1.40. The van der Waals surface area contributed by atoms with E-state index in [1.54, 1.807) is 24.3 Å². The topological polar surface area (TPSA) is 75.3 Å². The quantitative estimate of drug-likeness (QED) is 0.815. The Bertz CT molecular complexity index is 465. The molecule has 0 atom stereocenters. The number of hydrogen-bond donors (Lipinski definition) is 2. The van der Waals surface area contributed by atoms with Crippen molar-refractivity contribution < 1.29 is 13.2 Å². The highest BCUT2D eigenvalue weighted by Gasteiger charge is 2.01. The Labute approximate surface area is 94.9 Å². The molecule has 0 heterocycles. The first kappa shape index (κ1) is 12.7. The van der Waals surface area contributed by atoms with Gasteiger partial charge in [-0.15, -0.1) is 0 Å². The summed E-state index contributed by atoms with van der Waals surface area (Å²) in [7, 11) is -3.17. The molecule has 2 N–H and O–H groups in total. The van der Waals surface area contributed by atoms with Gasteiger partial charge in [-0.05, 0) is 17.7 Å². The molecule has 1 rings (SSSR count). The fraction of sp³-hybridized carbons (Fsp3) is 0.300. The van der Waals surface area contributed by atoms with Crippen LogP contribution in [0.3, 0.4) is 0 Å². The number of carbonyl (C=O) groups excluding carboxylic acids is 1. The van der Waals surface area contributed by atoms with Crippen LogP contribution in [0.5, 0.6) is 0 Å². The van der Waals surface area contributed by atoms with Crippen molar-refractivity contribution >= 4 is 21.6 Å². The van der Waals surface area contributed by atoms with Crippen molar-refractivity contribution in [3.63, 3.8) is 0 Å². The van der Waals surface area contributed by atoms with Crippen LogP contribution in [0, 0.1) is 0 Å². The third-order valence-electron chi connectivity index (χ3n) is 1.81. The molecule has 16 heavy (non-hydrogen) atoms. The van der Waals surface area contributed by atoms with Crippen molar-refractivity contribution in [2.24, 2.45) is 0 Å². The molecule has 0 spiro atoms. The van der Waals surface area contributed by atoms with Gasteiger partial charge in [-0.1, -0.05) is 12.1 Å². The molecule has 0 radical (unpaired) electrons. The summed E-state index contributed by atoms with van der Waals surface area (Å²) in [4.78, 5) is 10.8. The first-order chi connectivity index (χ1) is 7.37. The maximum Gasteiger partial charge on any atom is 0.221 e. The van der Waals surface area contributed by atoms with Crippen LogP contribution in [0.15, 0.2) is 24.3 Å². The molecular formula is C10H14N2O3S. The second kappa shape index (κ2) is 5.09. The molecule has 0 aliphatic heterocycles. The van der Waals surface area contributed by atoms with Gasteiger partial charge in [0.05, 0.1) is 6.26 Å². The summed E-state index contributed by atoms with van der Waals surface area (Å²) in [5.41, 5.74) is 1.52. The minimum Gasteiger partial charge on any atom is -0.326 e. The third kappa shape index (κ3) is 4.90. The lowest BCUT2D eigenvalue weighted by molar-refractivity contribution is -0.114. The van der Waals surface area contributed by atoms with E-state index in [1.807, 2.05) is 0 Å². The number of sulfonamides is 1. The maximum atomic E-state index is 10.8. The summed E-state index contributed by atoms with van der Waals surface area (Å²) >= 11 is 0. The average Bonchev–Trinajstić information content (AvgIpc) is 2.14. The first-order valence-electron chi connectivity index (χ1n) is 4.68. The predicted octanol–water partition coefficient (Wildman–Crippen LogP) is 0.694. The number of benzene rings is 1. The molecule has 0 saturated heterocycles. The normalized spacial score (nSPS) is 11.1. The van der Waals surface area contributed by atoms with Crippen molar-refractivity contribution in [3.8, 4) is 0 Å². The van der Waals surface area contributed by atoms with E-state index in [2.05, 4.69) is 10.0 Å². The lowest BCUT2D eigenvalue weighted by atomic mass is 10.2. The Morgan fingerprint density at radius 2 is 1.81 bits per heavy atom. The van der Waals surface area contributed by atoms with Gasteiger partial charge >= 0.3 is 0 Å². The highest BCUT2D eigenvalue weighted by atomic mass is 32.2. The average molecular weight is 242 g/mol. The zero-order valence-corrected chi connectivity index (χ0v) is 9.97. The summed E-state index contributed by atoms with van der Waals surface area (Å²) in [6.45, 7) is 1.68. The van der Waals surface area contributed by atoms with Crippen LogP contribution < -0.4 is 10.0 Å². The van der Waals surface area contributed by atoms with Gasteiger partial charge in [-0.25, -0.2) is 13.1 Å². The van der Waals surface area contributed by atoms with E-state index in [1.165, 1.54) is 6.92 Å². The number of carbonyl (C=O) groups is 1. The number of rotatable bonds is 4. The smallest absolute Gasteiger partial charge is 0.221 e. The Balaban J connectivity index is 2.61. The van der Waals surface area contributed by atoms with Crippen LogP contribution in [0.25, 0.3) is 0 Å². The van der Waals surface area contributed by atoms with Gasteiger partial charge in [0.25, 0.3) is 0 Å². The van der Waals surface area contributed by atoms with Crippen LogP contribution in [0.4, 0.5) is 5.69 Å². The SMILES string of the molecule is CC(=O)Nc1ccc(CNS(C)(=O)=O)cc1. The minimum absolute atomic E-state index is 0.137. The molecule has 1 aromatic rings. The lowest BCUT2D eigenvalue weighted by Crippen LogP contribution is -2.21. The molecule has 1 amide bonds. The molecule has 0 fully saturated rings. The molecule has 6 heteroatoms. The van der Waals surface area contributed by atoms with Gasteiger partial charge < -0.3 is 5.32 Å². The van der Waals surface area contributed by atoms with Crippen molar-refractivity contribution in [3.05, 3.63) is 29.8 Å². The van der Waals surface area contributed by atoms with Crippen molar-refractivity contribution in [2.45, 2.75) is 13.5 Å². The van der Waals surface area contributed by atoms with Crippen molar-refractivity contribution in [2.75, 3.05) is 11.6 Å². The third-order valence-corrected chi connectivity index (χ3v) is 2.48. The molecular weight excluding hydrogens is 228 g/mol. The standard InChI is InChI=1S/C10H14N2O3S/c1-8(13)12-10-5-3-9(4-6-10)7-11-16(2,14)15/h3-6,11H,7H2,1-2H3,(H,12,13). The molecule has 0 aliphatic rings. The van der Waals surface area contributed by atoms with Crippen molar-refractivity contribution in [1.82, 2.24) is 4.72 Å². The number of nitrogens with one attached hydrogen (secondary N) is 2. The zero-order valence-electron chi connectivity index (χ0n) is 9.15. The molecule has 0 bridgehead atoms. The molecule has 0 saturated carbocycles. The Kier molecular flexibility index (Phi) is 4.03. The Morgan fingerprint density at radius 1 is 1.25 bits per heavy atom. The van der Waals surface area contributed by atoms with Gasteiger partial charge in [-0.3, -0.25) is 4.79 Å². The number of hydrogen-bond acceptors (Lipinski definition) is 3. The molecule has 1 aromatic carbocycles. The molecule has 0 aromatic heterocycles. The second-order valence-corrected chi connectivity index (χ2v) is 5.30. The van der Waals surface area contributed by atoms with E-state index in [9.17, 15) is 13.2 Å². The van der Waals surface area contributed by atoms with Gasteiger partial charge in [0.1, 0.15) is 0 Å². The minimum atomic E-state index is -3.17. The fourth-order valence-corrected chi connectivity index (χ4v) is 1.55. The fourth-order valence-electron chi connectivity index (χ4n) is 1.12. The summed E-state index contributed by atoms with van der Waals surface area (Å²) < 4.78 is 24.1. The molecule has 0 aliphatic carbocycles. The Morgan fingerprint density at radius 3 is 2.25 bits per heavy atom. The predicted molar refractivity (Wildman–Crippen MR) is 62.4 cm³/mol. The zero-order chi connectivity index (χ0) is 12.2. The van der Waals surface area contributed by atoms with E-state index in [0.717, 1.165) is 11.8 Å². The molecule has 88 valence electrons. The summed E-state index contributed by atoms with van der Waals surface area (Å²) in [5, 5.41) is 2.63. The summed E-state index contributed by atoms with van der Waals surface area (Å²) in [6.07, 6.45) is 1.11. The van der Waals surface area contributed by atoms with E-state index >= 15 is 0 Å². The van der Waals surface area contributed by atoms with Gasteiger partial charge in [0, 0.05) is 19.2 Å². The lowest BCUT2D eigenvalue weighted by Gasteiger charge is -2.05. The number of anilines is 1. The number of amides is 1. The summed E-state index contributed by atoms with van der Waals surface area (Å²) in [5.74, 6) is -0.137. The van der Waals surface area contributed by atoms with Crippen molar-refractivity contribution in [1.29, 1.82) is 0 Å². The second-order valence-electron chi connectivity index (χ2n) is 3.47. The largest absolute Gasteiger partial charge is 0.326 e.